The fourth-order valence-electron chi connectivity index (χ4n) is 2.28. The van der Waals surface area contributed by atoms with Crippen LogP contribution in [0.5, 0.6) is 0 Å². The second-order valence-electron chi connectivity index (χ2n) is 4.64. The van der Waals surface area contributed by atoms with E-state index in [9.17, 15) is 70.2 Å². The molecule has 0 aromatic carbocycles. The summed E-state index contributed by atoms with van der Waals surface area (Å²) in [5.41, 5.74) is -16.8. The normalized spacial score (nSPS) is 22.1. The van der Waals surface area contributed by atoms with Crippen molar-refractivity contribution >= 4 is 0 Å². The molecule has 0 unspecified atom stereocenters. The van der Waals surface area contributed by atoms with E-state index >= 15 is 0 Å². The van der Waals surface area contributed by atoms with Crippen molar-refractivity contribution in [1.82, 2.24) is 0 Å². The number of alkyl halides is 16. The van der Waals surface area contributed by atoms with E-state index in [0.29, 0.717) is 0 Å². The minimum absolute atomic E-state index is 4.54. The van der Waals surface area contributed by atoms with Gasteiger partial charge in [-0.3, -0.25) is 0 Å². The van der Waals surface area contributed by atoms with Crippen LogP contribution in [0.15, 0.2) is 11.1 Å². The van der Waals surface area contributed by atoms with E-state index in [1.165, 1.54) is 0 Å². The number of allylic oxidation sites excluding steroid dienone is 2. The zero-order chi connectivity index (χ0) is 20.7. The molecule has 0 atom stereocenters. The largest absolute Gasteiger partial charge is 0.457 e. The lowest BCUT2D eigenvalue weighted by Crippen LogP contribution is -2.74. The number of halogens is 16. The SMILES string of the molecule is FC(F)(F)C1=C(C(F)(F)C(F)(F)F)C(C(F)(F)F)(C(F)(F)F)C1(F)F. The van der Waals surface area contributed by atoms with Crippen molar-refractivity contribution in [2.24, 2.45) is 5.41 Å². The van der Waals surface area contributed by atoms with Crippen molar-refractivity contribution in [3.05, 3.63) is 11.1 Å². The van der Waals surface area contributed by atoms with E-state index in [1.54, 1.807) is 0 Å². The maximum absolute atomic E-state index is 13.3. The maximum atomic E-state index is 13.3. The highest BCUT2D eigenvalue weighted by Crippen LogP contribution is 2.77. The van der Waals surface area contributed by atoms with Crippen LogP contribution in [0.2, 0.25) is 0 Å². The summed E-state index contributed by atoms with van der Waals surface area (Å²) < 4.78 is 201. The summed E-state index contributed by atoms with van der Waals surface area (Å²) in [6.07, 6.45) is -29.8. The van der Waals surface area contributed by atoms with Gasteiger partial charge in [0.25, 0.3) is 5.41 Å². The van der Waals surface area contributed by atoms with Crippen molar-refractivity contribution in [2.75, 3.05) is 0 Å². The molecule has 0 amide bonds. The first-order chi connectivity index (χ1) is 10.5. The first kappa shape index (κ1) is 21.7. The van der Waals surface area contributed by atoms with Gasteiger partial charge in [-0.15, -0.1) is 0 Å². The van der Waals surface area contributed by atoms with Crippen molar-refractivity contribution in [3.63, 3.8) is 0 Å². The highest BCUT2D eigenvalue weighted by molar-refractivity contribution is 5.54. The minimum Gasteiger partial charge on any atom is -0.200 e. The Morgan fingerprint density at radius 1 is 0.520 bits per heavy atom. The summed E-state index contributed by atoms with van der Waals surface area (Å²) in [6, 6.07) is 0. The Morgan fingerprint density at radius 2 is 0.840 bits per heavy atom. The molecule has 1 rings (SSSR count). The summed E-state index contributed by atoms with van der Waals surface area (Å²) in [5.74, 6) is -14.7. The summed E-state index contributed by atoms with van der Waals surface area (Å²) in [6.45, 7) is 0. The predicted octanol–water partition coefficient (Wildman–Crippen LogP) is 5.80. The van der Waals surface area contributed by atoms with E-state index in [2.05, 4.69) is 0 Å². The Hall–Kier alpha value is -1.38. The average molecular weight is 412 g/mol. The van der Waals surface area contributed by atoms with E-state index in [4.69, 9.17) is 0 Å². The molecule has 0 N–H and O–H groups in total. The lowest BCUT2D eigenvalue weighted by molar-refractivity contribution is -0.413. The third kappa shape index (κ3) is 2.45. The zero-order valence-electron chi connectivity index (χ0n) is 10.5. The lowest BCUT2D eigenvalue weighted by Gasteiger charge is -2.54. The van der Waals surface area contributed by atoms with Crippen LogP contribution in [0.1, 0.15) is 0 Å². The minimum atomic E-state index is -7.66. The third-order valence-electron chi connectivity index (χ3n) is 3.21. The van der Waals surface area contributed by atoms with Crippen LogP contribution in [0, 0.1) is 5.41 Å². The molecular formula is C9F16. The summed E-state index contributed by atoms with van der Waals surface area (Å²) in [7, 11) is 0. The lowest BCUT2D eigenvalue weighted by atomic mass is 9.56. The van der Waals surface area contributed by atoms with Crippen LogP contribution >= 0.6 is 0 Å². The van der Waals surface area contributed by atoms with Gasteiger partial charge in [0.05, 0.1) is 5.57 Å². The van der Waals surface area contributed by atoms with Gasteiger partial charge < -0.3 is 0 Å². The van der Waals surface area contributed by atoms with Gasteiger partial charge in [-0.1, -0.05) is 0 Å². The molecule has 0 aromatic heterocycles. The topological polar surface area (TPSA) is 0 Å². The fraction of sp³-hybridized carbons (Fsp3) is 0.778. The second kappa shape index (κ2) is 4.86. The van der Waals surface area contributed by atoms with Gasteiger partial charge in [0, 0.05) is 0 Å². The molecule has 0 radical (unpaired) electrons. The van der Waals surface area contributed by atoms with E-state index < -0.39 is 53.1 Å². The number of hydrogen-bond donors (Lipinski definition) is 0. The molecule has 1 aliphatic rings. The number of rotatable bonds is 1. The molecule has 0 saturated heterocycles. The molecule has 16 heteroatoms. The van der Waals surface area contributed by atoms with E-state index in [-0.39, 0.29) is 0 Å². The van der Waals surface area contributed by atoms with E-state index in [0.717, 1.165) is 0 Å². The van der Waals surface area contributed by atoms with Gasteiger partial charge >= 0.3 is 36.6 Å². The molecule has 0 heterocycles. The molecule has 1 aliphatic carbocycles. The average Bonchev–Trinajstić information content (AvgIpc) is 2.17. The predicted molar refractivity (Wildman–Crippen MR) is 43.6 cm³/mol. The van der Waals surface area contributed by atoms with Crippen LogP contribution in [0.4, 0.5) is 70.2 Å². The van der Waals surface area contributed by atoms with Gasteiger partial charge in [0.1, 0.15) is 5.57 Å². The molecule has 0 nitrogen and oxygen atoms in total. The highest BCUT2D eigenvalue weighted by Gasteiger charge is 2.97. The highest BCUT2D eigenvalue weighted by atomic mass is 19.4. The standard InChI is InChI=1S/C9F16/c10-4(11)2(6(14,15)16)1(5(12,13)9(23,24)25)3(4,7(17,18)19)8(20,21)22. The molecule has 148 valence electrons. The summed E-state index contributed by atoms with van der Waals surface area (Å²) in [5, 5.41) is 0. The Morgan fingerprint density at radius 3 is 1.04 bits per heavy atom. The maximum Gasteiger partial charge on any atom is 0.457 e. The van der Waals surface area contributed by atoms with Gasteiger partial charge in [-0.25, -0.2) is 0 Å². The van der Waals surface area contributed by atoms with Gasteiger partial charge in [0.15, 0.2) is 0 Å². The molecule has 0 fully saturated rings. The molecule has 0 bridgehead atoms. The molecule has 0 aromatic rings. The van der Waals surface area contributed by atoms with Crippen molar-refractivity contribution in [3.8, 4) is 0 Å². The summed E-state index contributed by atoms with van der Waals surface area (Å²) >= 11 is 0. The van der Waals surface area contributed by atoms with E-state index in [1.807, 2.05) is 0 Å². The second-order valence-corrected chi connectivity index (χ2v) is 4.64. The first-order valence-electron chi connectivity index (χ1n) is 5.27. The molecule has 0 saturated carbocycles. The smallest absolute Gasteiger partial charge is 0.200 e. The van der Waals surface area contributed by atoms with Gasteiger partial charge in [0.2, 0.25) is 0 Å². The van der Waals surface area contributed by atoms with Crippen molar-refractivity contribution < 1.29 is 70.2 Å². The fourth-order valence-corrected chi connectivity index (χ4v) is 2.28. The van der Waals surface area contributed by atoms with Crippen LogP contribution < -0.4 is 0 Å². The Kier molecular flexibility index (Phi) is 4.22. The Balaban J connectivity index is 4.16. The molecule has 25 heavy (non-hydrogen) atoms. The third-order valence-corrected chi connectivity index (χ3v) is 3.21. The van der Waals surface area contributed by atoms with Crippen LogP contribution in [0.25, 0.3) is 0 Å². The Labute approximate surface area is 125 Å². The van der Waals surface area contributed by atoms with Gasteiger partial charge in [-0.05, 0) is 0 Å². The van der Waals surface area contributed by atoms with Crippen molar-refractivity contribution in [1.29, 1.82) is 0 Å². The summed E-state index contributed by atoms with van der Waals surface area (Å²) in [4.78, 5) is 0. The van der Waals surface area contributed by atoms with Crippen LogP contribution in [-0.2, 0) is 0 Å². The first-order valence-corrected chi connectivity index (χ1v) is 5.27. The van der Waals surface area contributed by atoms with Gasteiger partial charge in [-0.2, -0.15) is 70.2 Å². The molecule has 0 aliphatic heterocycles. The van der Waals surface area contributed by atoms with Crippen LogP contribution in [-0.4, -0.2) is 36.6 Å². The quantitative estimate of drug-likeness (QED) is 0.377. The molecular weight excluding hydrogens is 412 g/mol. The zero-order valence-corrected chi connectivity index (χ0v) is 10.5. The number of hydrogen-bond acceptors (Lipinski definition) is 0. The van der Waals surface area contributed by atoms with Crippen molar-refractivity contribution in [2.45, 2.75) is 36.6 Å². The monoisotopic (exact) mass is 412 g/mol. The van der Waals surface area contributed by atoms with Crippen LogP contribution in [0.3, 0.4) is 0 Å². The molecule has 0 spiro atoms. The Bertz CT molecular complexity index is 561.